The molecule has 0 aliphatic heterocycles. The van der Waals surface area contributed by atoms with E-state index >= 15 is 0 Å². The number of benzene rings is 1. The monoisotopic (exact) mass is 495 g/mol. The molecule has 0 saturated carbocycles. The fourth-order valence-corrected chi connectivity index (χ4v) is 0.385. The average Bonchev–Trinajstić information content (AvgIpc) is 2.17. The Kier molecular flexibility index (Phi) is 58.2. The highest BCUT2D eigenvalue weighted by Crippen LogP contribution is 1.79. The fraction of sp³-hybridized carbons (Fsp3) is 0.600. The highest BCUT2D eigenvalue weighted by atomic mass is 79.9. The molecule has 3 nitrogen and oxygen atoms in total. The van der Waals surface area contributed by atoms with Gasteiger partial charge >= 0.3 is 0 Å². The Hall–Kier alpha value is 0.540. The normalized spacial score (nSPS) is 7.43. The van der Waals surface area contributed by atoms with Crippen LogP contribution in [0.25, 0.3) is 0 Å². The molecule has 1 rings (SSSR count). The molecular weight excluding hydrogens is 462 g/mol. The Morgan fingerprint density at radius 3 is 0.429 bits per heavy atom. The minimum atomic E-state index is 0. The van der Waals surface area contributed by atoms with Crippen LogP contribution in [0.1, 0.15) is 0 Å². The van der Waals surface area contributed by atoms with Crippen LogP contribution in [0, 0.1) is 0 Å². The van der Waals surface area contributed by atoms with Crippen molar-refractivity contribution in [2.45, 2.75) is 0 Å². The van der Waals surface area contributed by atoms with Crippen molar-refractivity contribution in [2.75, 3.05) is 63.4 Å². The summed E-state index contributed by atoms with van der Waals surface area (Å²) in [6.45, 7) is 0. The van der Waals surface area contributed by atoms with Crippen LogP contribution in [-0.2, 0) is 0 Å². The maximum absolute atomic E-state index is 2.00. The van der Waals surface area contributed by atoms with Crippen LogP contribution < -0.4 is 0 Å². The van der Waals surface area contributed by atoms with Crippen molar-refractivity contribution in [2.24, 2.45) is 0 Å². The van der Waals surface area contributed by atoms with Crippen molar-refractivity contribution in [3.05, 3.63) is 36.4 Å². The zero-order valence-electron chi connectivity index (χ0n) is 15.0. The molecule has 0 aromatic heterocycles. The molecule has 0 spiro atoms. The molecule has 0 amide bonds. The zero-order chi connectivity index (χ0) is 15.0. The third-order valence-corrected chi connectivity index (χ3v) is 0.667. The van der Waals surface area contributed by atoms with Gasteiger partial charge in [-0.15, -0.1) is 50.9 Å². The highest BCUT2D eigenvalue weighted by Gasteiger charge is 1.59. The largest absolute Gasteiger partial charge is 0.312 e. The first-order chi connectivity index (χ1) is 8.20. The van der Waals surface area contributed by atoms with E-state index in [2.05, 4.69) is 0 Å². The minimum Gasteiger partial charge on any atom is -0.312 e. The first-order valence-electron chi connectivity index (χ1n) is 6.02. The summed E-state index contributed by atoms with van der Waals surface area (Å²) in [7, 11) is 18.0. The summed E-state index contributed by atoms with van der Waals surface area (Å²) >= 11 is 0. The third kappa shape index (κ3) is 165. The number of hydrogen-bond donors (Lipinski definition) is 0. The van der Waals surface area contributed by atoms with Gasteiger partial charge in [-0.05, 0) is 63.4 Å². The van der Waals surface area contributed by atoms with E-state index in [1.54, 1.807) is 0 Å². The predicted octanol–water partition coefficient (Wildman–Crippen LogP) is 3.95. The Morgan fingerprint density at radius 2 is 0.381 bits per heavy atom. The quantitative estimate of drug-likeness (QED) is 0.537. The van der Waals surface area contributed by atoms with Crippen molar-refractivity contribution >= 4 is 50.9 Å². The van der Waals surface area contributed by atoms with Gasteiger partial charge in [-0.3, -0.25) is 0 Å². The summed E-state index contributed by atoms with van der Waals surface area (Å²) in [4.78, 5) is 6.00. The Balaban J connectivity index is -0.0000000349. The number of rotatable bonds is 0. The molecule has 0 aliphatic carbocycles. The molecule has 1 aromatic carbocycles. The smallest absolute Gasteiger partial charge is 0.0140 e. The number of halogens is 3. The lowest BCUT2D eigenvalue weighted by molar-refractivity contribution is 0.505. The second-order valence-corrected chi connectivity index (χ2v) is 5.18. The van der Waals surface area contributed by atoms with Gasteiger partial charge in [0.2, 0.25) is 0 Å². The lowest BCUT2D eigenvalue weighted by atomic mass is 10.4. The molecule has 0 aliphatic rings. The van der Waals surface area contributed by atoms with Gasteiger partial charge in [0.25, 0.3) is 0 Å². The highest BCUT2D eigenvalue weighted by molar-refractivity contribution is 8.93. The zero-order valence-corrected chi connectivity index (χ0v) is 20.2. The fourth-order valence-electron chi connectivity index (χ4n) is 0.385. The van der Waals surface area contributed by atoms with Gasteiger partial charge in [0.1, 0.15) is 0 Å². The van der Waals surface area contributed by atoms with E-state index in [1.165, 1.54) is 0 Å². The van der Waals surface area contributed by atoms with E-state index < -0.39 is 0 Å². The van der Waals surface area contributed by atoms with Gasteiger partial charge in [-0.25, -0.2) is 0 Å². The van der Waals surface area contributed by atoms with Crippen LogP contribution >= 0.6 is 50.9 Å². The molecule has 0 saturated heterocycles. The van der Waals surface area contributed by atoms with Gasteiger partial charge < -0.3 is 14.7 Å². The topological polar surface area (TPSA) is 9.72 Å². The first-order valence-corrected chi connectivity index (χ1v) is 6.02. The maximum atomic E-state index is 2.00. The molecule has 0 unspecified atom stereocenters. The lowest BCUT2D eigenvalue weighted by Gasteiger charge is -1.90. The number of hydrogen-bond acceptors (Lipinski definition) is 3. The summed E-state index contributed by atoms with van der Waals surface area (Å²) in [6.07, 6.45) is 0. The van der Waals surface area contributed by atoms with Crippen molar-refractivity contribution in [3.8, 4) is 0 Å². The SMILES string of the molecule is Br.Br.Br.CN(C)C.CN(C)C.CN(C)C.c1ccccc1. The van der Waals surface area contributed by atoms with Crippen molar-refractivity contribution in [1.82, 2.24) is 14.7 Å². The summed E-state index contributed by atoms with van der Waals surface area (Å²) < 4.78 is 0. The van der Waals surface area contributed by atoms with Gasteiger partial charge in [0.15, 0.2) is 0 Å². The van der Waals surface area contributed by atoms with Gasteiger partial charge in [-0.2, -0.15) is 0 Å². The molecule has 0 heterocycles. The van der Waals surface area contributed by atoms with Crippen molar-refractivity contribution in [1.29, 1.82) is 0 Å². The second kappa shape index (κ2) is 32.5. The molecule has 21 heavy (non-hydrogen) atoms. The van der Waals surface area contributed by atoms with E-state index in [0.29, 0.717) is 0 Å². The molecule has 0 fully saturated rings. The summed E-state index contributed by atoms with van der Waals surface area (Å²) in [5.41, 5.74) is 0. The molecule has 132 valence electrons. The van der Waals surface area contributed by atoms with E-state index in [0.717, 1.165) is 0 Å². The maximum Gasteiger partial charge on any atom is -0.0140 e. The number of nitrogens with zero attached hydrogens (tertiary/aromatic N) is 3. The Bertz CT molecular complexity index is 171. The molecule has 0 N–H and O–H groups in total. The first kappa shape index (κ1) is 37.6. The van der Waals surface area contributed by atoms with Crippen molar-refractivity contribution < 1.29 is 0 Å². The van der Waals surface area contributed by atoms with Crippen LogP contribution in [0.5, 0.6) is 0 Å². The summed E-state index contributed by atoms with van der Waals surface area (Å²) in [5.74, 6) is 0. The molecule has 0 bridgehead atoms. The minimum absolute atomic E-state index is 0. The summed E-state index contributed by atoms with van der Waals surface area (Å²) in [6, 6.07) is 12.0. The van der Waals surface area contributed by atoms with Crippen LogP contribution in [0.2, 0.25) is 0 Å². The van der Waals surface area contributed by atoms with E-state index in [-0.39, 0.29) is 50.9 Å². The molecule has 1 aromatic rings. The van der Waals surface area contributed by atoms with E-state index in [1.807, 2.05) is 115 Å². The van der Waals surface area contributed by atoms with Crippen LogP contribution in [0.3, 0.4) is 0 Å². The van der Waals surface area contributed by atoms with Crippen LogP contribution in [-0.4, -0.2) is 78.1 Å². The third-order valence-electron chi connectivity index (χ3n) is 0.667. The van der Waals surface area contributed by atoms with Crippen LogP contribution in [0.4, 0.5) is 0 Å². The lowest BCUT2D eigenvalue weighted by Crippen LogP contribution is -1.99. The van der Waals surface area contributed by atoms with Crippen LogP contribution in [0.15, 0.2) is 36.4 Å². The van der Waals surface area contributed by atoms with Crippen molar-refractivity contribution in [3.63, 3.8) is 0 Å². The van der Waals surface area contributed by atoms with Gasteiger partial charge in [-0.1, -0.05) is 36.4 Å². The molecule has 0 radical (unpaired) electrons. The Morgan fingerprint density at radius 1 is 0.333 bits per heavy atom. The van der Waals surface area contributed by atoms with Gasteiger partial charge in [0, 0.05) is 0 Å². The molecule has 0 atom stereocenters. The molecule has 6 heteroatoms. The predicted molar refractivity (Wildman–Crippen MR) is 116 cm³/mol. The standard InChI is InChI=1S/C6H6.3C3H9N.3BrH/c1-2-4-6-5-3-1;3*1-4(2)3;;;/h1-6H;3*1-3H3;3*1H. The Labute approximate surface area is 165 Å². The average molecular weight is 498 g/mol. The second-order valence-electron chi connectivity index (χ2n) is 5.18. The van der Waals surface area contributed by atoms with E-state index in [9.17, 15) is 0 Å². The summed E-state index contributed by atoms with van der Waals surface area (Å²) in [5, 5.41) is 0. The molecular formula is C15H36Br3N3. The van der Waals surface area contributed by atoms with Gasteiger partial charge in [0.05, 0.1) is 0 Å². The van der Waals surface area contributed by atoms with E-state index in [4.69, 9.17) is 0 Å².